The lowest BCUT2D eigenvalue weighted by atomic mass is 9.87. The Balaban J connectivity index is 1.65. The first-order valence-corrected chi connectivity index (χ1v) is 8.52. The van der Waals surface area contributed by atoms with Crippen molar-refractivity contribution in [3.05, 3.63) is 0 Å². The van der Waals surface area contributed by atoms with E-state index in [1.807, 2.05) is 4.90 Å². The number of carbonyl (C=O) groups is 2. The predicted octanol–water partition coefficient (Wildman–Crippen LogP) is 0.0449. The molecule has 0 aromatic carbocycles. The summed E-state index contributed by atoms with van der Waals surface area (Å²) in [6, 6.07) is 0.363. The number of likely N-dealkylation sites (N-methyl/N-ethyl adjacent to an activating group) is 1. The maximum Gasteiger partial charge on any atom is 0.236 e. The van der Waals surface area contributed by atoms with Crippen molar-refractivity contribution >= 4 is 11.8 Å². The zero-order valence-electron chi connectivity index (χ0n) is 13.9. The van der Waals surface area contributed by atoms with Crippen LogP contribution in [-0.2, 0) is 9.59 Å². The van der Waals surface area contributed by atoms with Gasteiger partial charge in [0.2, 0.25) is 11.8 Å². The van der Waals surface area contributed by atoms with Gasteiger partial charge in [0.15, 0.2) is 0 Å². The normalized spacial score (nSPS) is 26.7. The highest BCUT2D eigenvalue weighted by atomic mass is 16.2. The fraction of sp³-hybridized carbons (Fsp3) is 0.875. The number of hydrogen-bond acceptors (Lipinski definition) is 4. The lowest BCUT2D eigenvalue weighted by molar-refractivity contribution is -0.132. The van der Waals surface area contributed by atoms with Crippen LogP contribution in [0.15, 0.2) is 0 Å². The highest BCUT2D eigenvalue weighted by Gasteiger charge is 2.24. The van der Waals surface area contributed by atoms with Crippen molar-refractivity contribution in [2.24, 2.45) is 5.92 Å². The summed E-state index contributed by atoms with van der Waals surface area (Å²) in [5, 5.41) is 6.06. The maximum absolute atomic E-state index is 12.1. The maximum atomic E-state index is 12.1. The molecule has 2 N–H and O–H groups in total. The van der Waals surface area contributed by atoms with Gasteiger partial charge in [-0.2, -0.15) is 0 Å². The Morgan fingerprint density at radius 3 is 2.27 bits per heavy atom. The van der Waals surface area contributed by atoms with Crippen LogP contribution in [0.5, 0.6) is 0 Å². The first-order valence-electron chi connectivity index (χ1n) is 8.52. The summed E-state index contributed by atoms with van der Waals surface area (Å²) in [5.41, 5.74) is 0. The van der Waals surface area contributed by atoms with Gasteiger partial charge in [-0.15, -0.1) is 0 Å². The molecule has 2 rings (SSSR count). The van der Waals surface area contributed by atoms with E-state index < -0.39 is 0 Å². The Kier molecular flexibility index (Phi) is 6.64. The van der Waals surface area contributed by atoms with Crippen LogP contribution in [0, 0.1) is 5.92 Å². The SMILES string of the molecule is CNCC(=O)N1CCN(CC(=O)NC2CCC(C)CC2)CC1. The molecule has 126 valence electrons. The minimum absolute atomic E-state index is 0.134. The lowest BCUT2D eigenvalue weighted by Crippen LogP contribution is -2.53. The van der Waals surface area contributed by atoms with Gasteiger partial charge in [-0.25, -0.2) is 0 Å². The zero-order valence-corrected chi connectivity index (χ0v) is 13.9. The van der Waals surface area contributed by atoms with Crippen molar-refractivity contribution in [1.29, 1.82) is 0 Å². The van der Waals surface area contributed by atoms with E-state index in [2.05, 4.69) is 22.5 Å². The van der Waals surface area contributed by atoms with Crippen molar-refractivity contribution in [3.8, 4) is 0 Å². The molecule has 0 aromatic rings. The Hall–Kier alpha value is -1.14. The van der Waals surface area contributed by atoms with E-state index >= 15 is 0 Å². The molecule has 1 aliphatic carbocycles. The molecular formula is C16H30N4O2. The fourth-order valence-corrected chi connectivity index (χ4v) is 3.30. The topological polar surface area (TPSA) is 64.7 Å². The van der Waals surface area contributed by atoms with Crippen LogP contribution in [0.25, 0.3) is 0 Å². The van der Waals surface area contributed by atoms with E-state index in [-0.39, 0.29) is 11.8 Å². The third-order valence-corrected chi connectivity index (χ3v) is 4.80. The van der Waals surface area contributed by atoms with Gasteiger partial charge in [-0.05, 0) is 38.6 Å². The minimum Gasteiger partial charge on any atom is -0.352 e. The van der Waals surface area contributed by atoms with E-state index in [1.165, 1.54) is 12.8 Å². The van der Waals surface area contributed by atoms with Gasteiger partial charge < -0.3 is 15.5 Å². The second-order valence-corrected chi connectivity index (χ2v) is 6.71. The molecule has 0 radical (unpaired) electrons. The van der Waals surface area contributed by atoms with Crippen LogP contribution in [0.1, 0.15) is 32.6 Å². The third kappa shape index (κ3) is 5.25. The molecule has 0 bridgehead atoms. The predicted molar refractivity (Wildman–Crippen MR) is 86.5 cm³/mol. The van der Waals surface area contributed by atoms with Crippen molar-refractivity contribution < 1.29 is 9.59 Å². The summed E-state index contributed by atoms with van der Waals surface area (Å²) in [4.78, 5) is 27.9. The Morgan fingerprint density at radius 2 is 1.68 bits per heavy atom. The third-order valence-electron chi connectivity index (χ3n) is 4.80. The van der Waals surface area contributed by atoms with E-state index in [1.54, 1.807) is 7.05 Å². The highest BCUT2D eigenvalue weighted by molar-refractivity contribution is 5.79. The molecule has 6 heteroatoms. The van der Waals surface area contributed by atoms with Gasteiger partial charge in [-0.3, -0.25) is 14.5 Å². The summed E-state index contributed by atoms with van der Waals surface area (Å²) in [5.74, 6) is 1.08. The first-order chi connectivity index (χ1) is 10.6. The molecule has 0 unspecified atom stereocenters. The molecular weight excluding hydrogens is 280 g/mol. The Labute approximate surface area is 133 Å². The summed E-state index contributed by atoms with van der Waals surface area (Å²) in [6.07, 6.45) is 4.66. The first kappa shape index (κ1) is 17.2. The van der Waals surface area contributed by atoms with Gasteiger partial charge in [0.05, 0.1) is 13.1 Å². The standard InChI is InChI=1S/C16H30N4O2/c1-13-3-5-14(6-4-13)18-15(21)12-19-7-9-20(10-8-19)16(22)11-17-2/h13-14,17H,3-12H2,1-2H3,(H,18,21). The molecule has 1 heterocycles. The summed E-state index contributed by atoms with van der Waals surface area (Å²) >= 11 is 0. The monoisotopic (exact) mass is 310 g/mol. The van der Waals surface area contributed by atoms with E-state index in [0.717, 1.165) is 44.9 Å². The average molecular weight is 310 g/mol. The summed E-state index contributed by atoms with van der Waals surface area (Å²) < 4.78 is 0. The number of hydrogen-bond donors (Lipinski definition) is 2. The lowest BCUT2D eigenvalue weighted by Gasteiger charge is -2.35. The average Bonchev–Trinajstić information content (AvgIpc) is 2.50. The number of rotatable bonds is 5. The van der Waals surface area contributed by atoms with Gasteiger partial charge in [0.1, 0.15) is 0 Å². The molecule has 0 spiro atoms. The van der Waals surface area contributed by atoms with E-state index in [0.29, 0.717) is 19.1 Å². The highest BCUT2D eigenvalue weighted by Crippen LogP contribution is 2.23. The minimum atomic E-state index is 0.134. The van der Waals surface area contributed by atoms with Crippen molar-refractivity contribution in [2.45, 2.75) is 38.6 Å². The molecule has 22 heavy (non-hydrogen) atoms. The zero-order chi connectivity index (χ0) is 15.9. The smallest absolute Gasteiger partial charge is 0.236 e. The molecule has 0 atom stereocenters. The molecule has 2 fully saturated rings. The van der Waals surface area contributed by atoms with Crippen LogP contribution in [-0.4, -0.2) is 74.0 Å². The Bertz CT molecular complexity index is 372. The Morgan fingerprint density at radius 1 is 1.05 bits per heavy atom. The molecule has 6 nitrogen and oxygen atoms in total. The van der Waals surface area contributed by atoms with Crippen LogP contribution in [0.4, 0.5) is 0 Å². The number of nitrogens with zero attached hydrogens (tertiary/aromatic N) is 2. The van der Waals surface area contributed by atoms with E-state index in [9.17, 15) is 9.59 Å². The van der Waals surface area contributed by atoms with E-state index in [4.69, 9.17) is 0 Å². The molecule has 2 aliphatic rings. The van der Waals surface area contributed by atoms with Crippen molar-refractivity contribution in [2.75, 3.05) is 46.3 Å². The summed E-state index contributed by atoms with van der Waals surface area (Å²) in [7, 11) is 1.78. The molecule has 1 saturated carbocycles. The number of carbonyl (C=O) groups excluding carboxylic acids is 2. The molecule has 0 aromatic heterocycles. The van der Waals surface area contributed by atoms with Crippen LogP contribution < -0.4 is 10.6 Å². The largest absolute Gasteiger partial charge is 0.352 e. The molecule has 1 aliphatic heterocycles. The molecule has 1 saturated heterocycles. The van der Waals surface area contributed by atoms with Crippen molar-refractivity contribution in [1.82, 2.24) is 20.4 Å². The van der Waals surface area contributed by atoms with Crippen molar-refractivity contribution in [3.63, 3.8) is 0 Å². The number of amides is 2. The number of piperazine rings is 1. The number of nitrogens with one attached hydrogen (secondary N) is 2. The van der Waals surface area contributed by atoms with Gasteiger partial charge >= 0.3 is 0 Å². The quantitative estimate of drug-likeness (QED) is 0.753. The van der Waals surface area contributed by atoms with Gasteiger partial charge in [0, 0.05) is 32.2 Å². The summed E-state index contributed by atoms with van der Waals surface area (Å²) in [6.45, 7) is 6.13. The second kappa shape index (κ2) is 8.48. The molecule has 2 amide bonds. The van der Waals surface area contributed by atoms with Crippen LogP contribution >= 0.6 is 0 Å². The van der Waals surface area contributed by atoms with Crippen LogP contribution in [0.3, 0.4) is 0 Å². The second-order valence-electron chi connectivity index (χ2n) is 6.71. The fourth-order valence-electron chi connectivity index (χ4n) is 3.30. The van der Waals surface area contributed by atoms with Gasteiger partial charge in [-0.1, -0.05) is 6.92 Å². The van der Waals surface area contributed by atoms with Crippen LogP contribution in [0.2, 0.25) is 0 Å². The van der Waals surface area contributed by atoms with Gasteiger partial charge in [0.25, 0.3) is 0 Å².